The van der Waals surface area contributed by atoms with E-state index in [0.29, 0.717) is 0 Å². The summed E-state index contributed by atoms with van der Waals surface area (Å²) in [6, 6.07) is 11.0. The molecule has 0 radical (unpaired) electrons. The van der Waals surface area contributed by atoms with Crippen molar-refractivity contribution in [1.29, 1.82) is 5.26 Å². The highest BCUT2D eigenvalue weighted by Gasteiger charge is 2.29. The van der Waals surface area contributed by atoms with Crippen molar-refractivity contribution >= 4 is 0 Å². The van der Waals surface area contributed by atoms with Crippen molar-refractivity contribution < 1.29 is 4.74 Å². The predicted molar refractivity (Wildman–Crippen MR) is 69.0 cm³/mol. The lowest BCUT2D eigenvalue weighted by Crippen LogP contribution is -2.34. The van der Waals surface area contributed by atoms with E-state index in [9.17, 15) is 0 Å². The summed E-state index contributed by atoms with van der Waals surface area (Å²) in [6.45, 7) is 2.68. The highest BCUT2D eigenvalue weighted by molar-refractivity contribution is 5.31. The molecule has 0 amide bonds. The summed E-state index contributed by atoms with van der Waals surface area (Å²) in [5.74, 6) is 0. The van der Waals surface area contributed by atoms with E-state index in [1.165, 1.54) is 11.1 Å². The molecule has 0 aromatic heterocycles. The molecule has 0 spiro atoms. The zero-order chi connectivity index (χ0) is 12.4. The normalized spacial score (nSPS) is 27.7. The van der Waals surface area contributed by atoms with Crippen molar-refractivity contribution in [1.82, 2.24) is 4.90 Å². The van der Waals surface area contributed by atoms with Crippen LogP contribution in [0.3, 0.4) is 0 Å². The first kappa shape index (κ1) is 11.7. The van der Waals surface area contributed by atoms with E-state index in [2.05, 4.69) is 35.2 Å². The van der Waals surface area contributed by atoms with E-state index in [0.717, 1.165) is 39.0 Å². The van der Waals surface area contributed by atoms with Gasteiger partial charge in [0.1, 0.15) is 0 Å². The second-order valence-electron chi connectivity index (χ2n) is 5.09. The zero-order valence-electron chi connectivity index (χ0n) is 10.5. The van der Waals surface area contributed by atoms with Crippen LogP contribution >= 0.6 is 0 Å². The number of fused-ring (bicyclic) bond motifs is 1. The smallest absolute Gasteiger partial charge is 0.0979 e. The molecule has 1 aromatic rings. The molecule has 18 heavy (non-hydrogen) atoms. The third-order valence-corrected chi connectivity index (χ3v) is 4.01. The first-order valence-corrected chi connectivity index (χ1v) is 6.71. The topological polar surface area (TPSA) is 36.3 Å². The van der Waals surface area contributed by atoms with E-state index in [-0.39, 0.29) is 12.1 Å². The van der Waals surface area contributed by atoms with Crippen molar-refractivity contribution in [3.05, 3.63) is 35.4 Å². The van der Waals surface area contributed by atoms with Gasteiger partial charge in [-0.2, -0.15) is 5.26 Å². The molecule has 2 aliphatic heterocycles. The van der Waals surface area contributed by atoms with Crippen LogP contribution in [-0.4, -0.2) is 30.6 Å². The minimum absolute atomic E-state index is 0.0858. The summed E-state index contributed by atoms with van der Waals surface area (Å²) in [6.07, 6.45) is 3.29. The van der Waals surface area contributed by atoms with Crippen LogP contribution < -0.4 is 0 Å². The van der Waals surface area contributed by atoms with Gasteiger partial charge in [-0.15, -0.1) is 0 Å². The minimum atomic E-state index is 0.0858. The second kappa shape index (κ2) is 5.09. The Morgan fingerprint density at radius 3 is 3.17 bits per heavy atom. The van der Waals surface area contributed by atoms with Crippen LogP contribution in [0.15, 0.2) is 24.3 Å². The third-order valence-electron chi connectivity index (χ3n) is 4.01. The molecule has 3 heteroatoms. The third kappa shape index (κ3) is 2.14. The Balaban J connectivity index is 1.76. The number of likely N-dealkylation sites (tertiary alicyclic amines) is 1. The summed E-state index contributed by atoms with van der Waals surface area (Å²) in [7, 11) is 0. The number of ether oxygens (including phenoxy) is 1. The van der Waals surface area contributed by atoms with Gasteiger partial charge in [0.25, 0.3) is 0 Å². The Bertz CT molecular complexity index is 466. The molecular formula is C15H18N2O. The zero-order valence-corrected chi connectivity index (χ0v) is 10.5. The maximum Gasteiger partial charge on any atom is 0.0979 e. The number of benzene rings is 1. The first-order valence-electron chi connectivity index (χ1n) is 6.71. The molecule has 0 N–H and O–H groups in total. The van der Waals surface area contributed by atoms with Crippen molar-refractivity contribution in [2.45, 2.75) is 31.4 Å². The largest absolute Gasteiger partial charge is 0.372 e. The SMILES string of the molecule is N#CC1CCCN1CC1OCCc2ccccc21. The van der Waals surface area contributed by atoms with Gasteiger partial charge in [-0.1, -0.05) is 24.3 Å². The summed E-state index contributed by atoms with van der Waals surface area (Å²) in [5, 5.41) is 9.13. The van der Waals surface area contributed by atoms with Gasteiger partial charge in [0.05, 0.1) is 24.8 Å². The van der Waals surface area contributed by atoms with Crippen LogP contribution in [0.2, 0.25) is 0 Å². The maximum absolute atomic E-state index is 9.13. The average molecular weight is 242 g/mol. The molecule has 2 atom stereocenters. The molecule has 0 aliphatic carbocycles. The fourth-order valence-corrected chi connectivity index (χ4v) is 3.03. The number of nitrogens with zero attached hydrogens (tertiary/aromatic N) is 2. The average Bonchev–Trinajstić information content (AvgIpc) is 2.86. The Kier molecular flexibility index (Phi) is 3.31. The molecule has 1 saturated heterocycles. The van der Waals surface area contributed by atoms with Crippen molar-refractivity contribution in [2.75, 3.05) is 19.7 Å². The molecular weight excluding hydrogens is 224 g/mol. The van der Waals surface area contributed by atoms with Gasteiger partial charge in [0.15, 0.2) is 0 Å². The Labute approximate surface area is 108 Å². The van der Waals surface area contributed by atoms with Gasteiger partial charge in [-0.05, 0) is 36.9 Å². The Morgan fingerprint density at radius 2 is 2.28 bits per heavy atom. The summed E-state index contributed by atoms with van der Waals surface area (Å²) >= 11 is 0. The number of hydrogen-bond acceptors (Lipinski definition) is 3. The number of rotatable bonds is 2. The van der Waals surface area contributed by atoms with Crippen LogP contribution in [0.1, 0.15) is 30.1 Å². The van der Waals surface area contributed by atoms with Gasteiger partial charge in [-0.25, -0.2) is 0 Å². The number of nitriles is 1. The van der Waals surface area contributed by atoms with E-state index in [1.54, 1.807) is 0 Å². The molecule has 3 rings (SSSR count). The predicted octanol–water partition coefficient (Wildman–Crippen LogP) is 2.29. The molecule has 0 bridgehead atoms. The molecule has 2 heterocycles. The molecule has 0 saturated carbocycles. The lowest BCUT2D eigenvalue weighted by molar-refractivity contribution is 0.0168. The van der Waals surface area contributed by atoms with E-state index < -0.39 is 0 Å². The van der Waals surface area contributed by atoms with Crippen LogP contribution in [0, 0.1) is 11.3 Å². The van der Waals surface area contributed by atoms with Crippen LogP contribution in [0.5, 0.6) is 0 Å². The van der Waals surface area contributed by atoms with Gasteiger partial charge >= 0.3 is 0 Å². The monoisotopic (exact) mass is 242 g/mol. The van der Waals surface area contributed by atoms with Crippen LogP contribution in [-0.2, 0) is 11.2 Å². The lowest BCUT2D eigenvalue weighted by atomic mass is 9.97. The molecule has 2 unspecified atom stereocenters. The van der Waals surface area contributed by atoms with Crippen molar-refractivity contribution in [2.24, 2.45) is 0 Å². The fourth-order valence-electron chi connectivity index (χ4n) is 3.03. The number of hydrogen-bond donors (Lipinski definition) is 0. The summed E-state index contributed by atoms with van der Waals surface area (Å²) in [5.41, 5.74) is 2.72. The van der Waals surface area contributed by atoms with Crippen LogP contribution in [0.25, 0.3) is 0 Å². The van der Waals surface area contributed by atoms with E-state index in [1.807, 2.05) is 0 Å². The molecule has 3 nitrogen and oxygen atoms in total. The standard InChI is InChI=1S/C15H18N2O/c16-10-13-5-3-8-17(13)11-15-14-6-2-1-4-12(14)7-9-18-15/h1-2,4,6,13,15H,3,5,7-9,11H2. The van der Waals surface area contributed by atoms with E-state index >= 15 is 0 Å². The van der Waals surface area contributed by atoms with Crippen molar-refractivity contribution in [3.8, 4) is 6.07 Å². The van der Waals surface area contributed by atoms with E-state index in [4.69, 9.17) is 10.00 Å². The molecule has 94 valence electrons. The molecule has 1 aromatic carbocycles. The highest BCUT2D eigenvalue weighted by Crippen LogP contribution is 2.29. The van der Waals surface area contributed by atoms with Gasteiger partial charge in [-0.3, -0.25) is 4.90 Å². The fraction of sp³-hybridized carbons (Fsp3) is 0.533. The molecule has 2 aliphatic rings. The minimum Gasteiger partial charge on any atom is -0.372 e. The molecule has 1 fully saturated rings. The van der Waals surface area contributed by atoms with Crippen molar-refractivity contribution in [3.63, 3.8) is 0 Å². The van der Waals surface area contributed by atoms with Gasteiger partial charge in [0.2, 0.25) is 0 Å². The lowest BCUT2D eigenvalue weighted by Gasteiger charge is -2.30. The summed E-state index contributed by atoms with van der Waals surface area (Å²) in [4.78, 5) is 2.27. The van der Waals surface area contributed by atoms with Crippen LogP contribution in [0.4, 0.5) is 0 Å². The Morgan fingerprint density at radius 1 is 1.39 bits per heavy atom. The summed E-state index contributed by atoms with van der Waals surface area (Å²) < 4.78 is 5.91. The highest BCUT2D eigenvalue weighted by atomic mass is 16.5. The maximum atomic E-state index is 9.13. The first-order chi connectivity index (χ1) is 8.88. The quantitative estimate of drug-likeness (QED) is 0.798. The Hall–Kier alpha value is -1.37. The second-order valence-corrected chi connectivity index (χ2v) is 5.09. The van der Waals surface area contributed by atoms with Gasteiger partial charge < -0.3 is 4.74 Å². The van der Waals surface area contributed by atoms with Gasteiger partial charge in [0, 0.05) is 6.54 Å².